The van der Waals surface area contributed by atoms with Crippen LogP contribution in [-0.4, -0.2) is 86.6 Å². The van der Waals surface area contributed by atoms with Crippen LogP contribution in [0.2, 0.25) is 0 Å². The lowest BCUT2D eigenvalue weighted by Gasteiger charge is -2.42. The Labute approximate surface area is 218 Å². The van der Waals surface area contributed by atoms with Crippen LogP contribution in [-0.2, 0) is 25.7 Å². The van der Waals surface area contributed by atoms with Crippen molar-refractivity contribution >= 4 is 17.7 Å². The summed E-state index contributed by atoms with van der Waals surface area (Å²) in [5.41, 5.74) is -0.751. The fourth-order valence-corrected chi connectivity index (χ4v) is 6.49. The molecule has 0 saturated carbocycles. The van der Waals surface area contributed by atoms with Gasteiger partial charge in [0.15, 0.2) is 0 Å². The number of nitrogens with zero attached hydrogens (tertiary/aromatic N) is 3. The topological polar surface area (TPSA) is 90.4 Å². The van der Waals surface area contributed by atoms with E-state index in [1.807, 2.05) is 82.3 Å². The minimum absolute atomic E-state index is 0.149. The third kappa shape index (κ3) is 4.01. The molecule has 5 rings (SSSR count). The molecule has 0 aliphatic carbocycles. The van der Waals surface area contributed by atoms with Crippen molar-refractivity contribution in [1.82, 2.24) is 14.7 Å². The Hall–Kier alpha value is -2.97. The smallest absolute Gasteiger partial charge is 0.249 e. The van der Waals surface area contributed by atoms with Gasteiger partial charge >= 0.3 is 0 Å². The number of rotatable bonds is 5. The van der Waals surface area contributed by atoms with E-state index in [0.717, 1.165) is 5.56 Å². The molecule has 0 aromatic heterocycles. The maximum atomic E-state index is 14.2. The van der Waals surface area contributed by atoms with Crippen LogP contribution in [0.4, 0.5) is 0 Å². The number of amides is 3. The first kappa shape index (κ1) is 25.7. The number of hydrogen-bond donors (Lipinski definition) is 1. The summed E-state index contributed by atoms with van der Waals surface area (Å²) in [6.45, 7) is 8.74. The molecular weight excluding hydrogens is 470 g/mol. The van der Waals surface area contributed by atoms with Crippen LogP contribution in [0.5, 0.6) is 0 Å². The van der Waals surface area contributed by atoms with Gasteiger partial charge in [-0.3, -0.25) is 14.4 Å². The molecule has 1 spiro atoms. The molecule has 4 aliphatic heterocycles. The van der Waals surface area contributed by atoms with Crippen molar-refractivity contribution in [1.29, 1.82) is 0 Å². The van der Waals surface area contributed by atoms with Crippen molar-refractivity contribution in [2.45, 2.75) is 70.0 Å². The van der Waals surface area contributed by atoms with E-state index in [4.69, 9.17) is 4.74 Å². The first-order chi connectivity index (χ1) is 17.6. The van der Waals surface area contributed by atoms with Gasteiger partial charge in [-0.2, -0.15) is 0 Å². The average molecular weight is 508 g/mol. The number of aliphatic hydroxyl groups is 1. The number of aliphatic hydroxyl groups excluding tert-OH is 1. The van der Waals surface area contributed by atoms with Crippen molar-refractivity contribution in [3.63, 3.8) is 0 Å². The Kier molecular flexibility index (Phi) is 6.52. The summed E-state index contributed by atoms with van der Waals surface area (Å²) in [7, 11) is 0. The maximum Gasteiger partial charge on any atom is 0.249 e. The highest BCUT2D eigenvalue weighted by Crippen LogP contribution is 2.54. The van der Waals surface area contributed by atoms with Gasteiger partial charge in [-0.15, -0.1) is 0 Å². The molecule has 0 radical (unpaired) electrons. The van der Waals surface area contributed by atoms with E-state index in [-0.39, 0.29) is 24.3 Å². The van der Waals surface area contributed by atoms with E-state index < -0.39 is 41.2 Å². The van der Waals surface area contributed by atoms with Crippen molar-refractivity contribution in [3.05, 3.63) is 60.2 Å². The van der Waals surface area contributed by atoms with Gasteiger partial charge in [0.2, 0.25) is 17.7 Å². The minimum atomic E-state index is -1.28. The number of carbonyl (C=O) groups excluding carboxylic acids is 3. The van der Waals surface area contributed by atoms with Crippen LogP contribution in [0.1, 0.15) is 39.7 Å². The monoisotopic (exact) mass is 507 g/mol. The Morgan fingerprint density at radius 2 is 1.78 bits per heavy atom. The standard InChI is InChI=1S/C29H37N3O5/c1-5-20(18-33)32-24-27(36)31(28(2,3)4)16-10-14-29(24)23(26(32)35)22-21(37-29)13-9-15-30(25(22)34)17-19-11-7-6-8-12-19/h6-14,20-24,33H,5,15-18H2,1-4H3/t20-,21-,22+,23-,24?,29-/m0/s1. The third-order valence-corrected chi connectivity index (χ3v) is 8.28. The Morgan fingerprint density at radius 3 is 2.43 bits per heavy atom. The Morgan fingerprint density at radius 1 is 1.05 bits per heavy atom. The molecule has 4 aliphatic rings. The SMILES string of the molecule is CC[C@@H](CO)N1C(=O)[C@@H]2[C@@H]3C(=O)N(Cc4ccccc4)CC=C[C@@H]3O[C@@]23C=CCN(C(C)(C)C)C(=O)C13. The molecule has 2 saturated heterocycles. The summed E-state index contributed by atoms with van der Waals surface area (Å²) < 4.78 is 6.67. The van der Waals surface area contributed by atoms with Gasteiger partial charge in [0.05, 0.1) is 30.6 Å². The molecule has 1 aromatic rings. The van der Waals surface area contributed by atoms with Crippen LogP contribution in [0.15, 0.2) is 54.6 Å². The van der Waals surface area contributed by atoms with E-state index in [9.17, 15) is 19.5 Å². The number of carbonyl (C=O) groups is 3. The van der Waals surface area contributed by atoms with Crippen molar-refractivity contribution in [2.24, 2.45) is 11.8 Å². The van der Waals surface area contributed by atoms with Gasteiger partial charge in [-0.25, -0.2) is 0 Å². The molecule has 1 N–H and O–H groups in total. The molecule has 2 fully saturated rings. The molecule has 198 valence electrons. The van der Waals surface area contributed by atoms with E-state index in [0.29, 0.717) is 26.1 Å². The van der Waals surface area contributed by atoms with Gasteiger partial charge < -0.3 is 24.5 Å². The normalized spacial score (nSPS) is 32.2. The van der Waals surface area contributed by atoms with Crippen LogP contribution in [0.25, 0.3) is 0 Å². The summed E-state index contributed by atoms with van der Waals surface area (Å²) in [6, 6.07) is 8.28. The quantitative estimate of drug-likeness (QED) is 0.617. The number of hydrogen-bond acceptors (Lipinski definition) is 5. The zero-order chi connectivity index (χ0) is 26.5. The molecule has 1 unspecified atom stereocenters. The lowest BCUT2D eigenvalue weighted by Crippen LogP contribution is -2.60. The summed E-state index contributed by atoms with van der Waals surface area (Å²) in [5, 5.41) is 10.2. The highest BCUT2D eigenvalue weighted by Gasteiger charge is 2.72. The third-order valence-electron chi connectivity index (χ3n) is 8.28. The average Bonchev–Trinajstić information content (AvgIpc) is 3.18. The van der Waals surface area contributed by atoms with Gasteiger partial charge in [0.1, 0.15) is 11.6 Å². The molecular formula is C29H37N3O5. The van der Waals surface area contributed by atoms with Gasteiger partial charge in [-0.05, 0) is 32.8 Å². The summed E-state index contributed by atoms with van der Waals surface area (Å²) >= 11 is 0. The predicted molar refractivity (Wildman–Crippen MR) is 138 cm³/mol. The zero-order valence-corrected chi connectivity index (χ0v) is 22.0. The van der Waals surface area contributed by atoms with Crippen molar-refractivity contribution in [2.75, 3.05) is 19.7 Å². The lowest BCUT2D eigenvalue weighted by atomic mass is 9.77. The zero-order valence-electron chi connectivity index (χ0n) is 22.0. The van der Waals surface area contributed by atoms with E-state index >= 15 is 0 Å². The van der Waals surface area contributed by atoms with Crippen LogP contribution < -0.4 is 0 Å². The highest BCUT2D eigenvalue weighted by atomic mass is 16.5. The lowest BCUT2D eigenvalue weighted by molar-refractivity contribution is -0.154. The predicted octanol–water partition coefficient (Wildman–Crippen LogP) is 2.13. The molecule has 8 nitrogen and oxygen atoms in total. The molecule has 0 bridgehead atoms. The van der Waals surface area contributed by atoms with E-state index in [2.05, 4.69) is 0 Å². The molecule has 3 amide bonds. The Balaban J connectivity index is 1.59. The fraction of sp³-hybridized carbons (Fsp3) is 0.552. The molecule has 37 heavy (non-hydrogen) atoms. The first-order valence-corrected chi connectivity index (χ1v) is 13.2. The minimum Gasteiger partial charge on any atom is -0.394 e. The summed E-state index contributed by atoms with van der Waals surface area (Å²) in [5.74, 6) is -2.26. The summed E-state index contributed by atoms with van der Waals surface area (Å²) in [4.78, 5) is 47.5. The van der Waals surface area contributed by atoms with Crippen molar-refractivity contribution in [3.8, 4) is 0 Å². The van der Waals surface area contributed by atoms with Crippen LogP contribution >= 0.6 is 0 Å². The number of fused-ring (bicyclic) bond motifs is 2. The molecule has 1 aromatic carbocycles. The largest absolute Gasteiger partial charge is 0.394 e. The molecule has 6 atom stereocenters. The first-order valence-electron chi connectivity index (χ1n) is 13.2. The maximum absolute atomic E-state index is 14.2. The van der Waals surface area contributed by atoms with Crippen LogP contribution in [0.3, 0.4) is 0 Å². The highest BCUT2D eigenvalue weighted by molar-refractivity contribution is 6.00. The number of ether oxygens (including phenoxy) is 1. The second-order valence-electron chi connectivity index (χ2n) is 11.5. The summed E-state index contributed by atoms with van der Waals surface area (Å²) in [6.07, 6.45) is 7.42. The molecule has 4 heterocycles. The number of benzene rings is 1. The second-order valence-corrected chi connectivity index (χ2v) is 11.5. The molecule has 8 heteroatoms. The fourth-order valence-electron chi connectivity index (χ4n) is 6.49. The number of likely N-dealkylation sites (tertiary alicyclic amines) is 1. The van der Waals surface area contributed by atoms with Crippen LogP contribution in [0, 0.1) is 11.8 Å². The Bertz CT molecular complexity index is 1120. The van der Waals surface area contributed by atoms with Gasteiger partial charge in [0.25, 0.3) is 0 Å². The second kappa shape index (κ2) is 9.40. The van der Waals surface area contributed by atoms with Gasteiger partial charge in [0, 0.05) is 25.2 Å². The van der Waals surface area contributed by atoms with E-state index in [1.165, 1.54) is 4.90 Å². The van der Waals surface area contributed by atoms with Crippen molar-refractivity contribution < 1.29 is 24.2 Å². The van der Waals surface area contributed by atoms with Gasteiger partial charge in [-0.1, -0.05) is 61.6 Å². The van der Waals surface area contributed by atoms with E-state index in [1.54, 1.807) is 9.80 Å².